The predicted molar refractivity (Wildman–Crippen MR) is 70.1 cm³/mol. The van der Waals surface area contributed by atoms with Crippen molar-refractivity contribution >= 4 is 17.2 Å². The predicted octanol–water partition coefficient (Wildman–Crippen LogP) is 2.13. The maximum atomic E-state index is 11.7. The Morgan fingerprint density at radius 2 is 2.06 bits per heavy atom. The Bertz CT molecular complexity index is 537. The minimum absolute atomic E-state index is 0.231. The Morgan fingerprint density at radius 1 is 1.22 bits per heavy atom. The topological polar surface area (TPSA) is 69.6 Å². The highest BCUT2D eigenvalue weighted by atomic mass is 32.1. The summed E-state index contributed by atoms with van der Waals surface area (Å²) in [6.07, 6.45) is 0.785. The molecule has 0 atom stereocenters. The van der Waals surface area contributed by atoms with Crippen LogP contribution in [0.2, 0.25) is 0 Å². The second kappa shape index (κ2) is 5.55. The molecule has 0 radical (unpaired) electrons. The number of carbonyl (C=O) groups excluding carboxylic acids is 1. The molecular weight excluding hydrogens is 250 g/mol. The van der Waals surface area contributed by atoms with Gasteiger partial charge in [-0.15, -0.1) is 11.3 Å². The smallest absolute Gasteiger partial charge is 0.251 e. The molecule has 94 valence electrons. The lowest BCUT2D eigenvalue weighted by atomic mass is 10.2. The minimum atomic E-state index is -0.291. The highest BCUT2D eigenvalue weighted by molar-refractivity contribution is 7.09. The van der Waals surface area contributed by atoms with Crippen LogP contribution in [-0.4, -0.2) is 22.7 Å². The molecule has 3 N–H and O–H groups in total. The summed E-state index contributed by atoms with van der Waals surface area (Å²) in [6.45, 7) is 0.543. The third-order valence-electron chi connectivity index (χ3n) is 2.47. The molecule has 1 aromatic carbocycles. The van der Waals surface area contributed by atoms with Crippen LogP contribution in [0.5, 0.6) is 11.5 Å². The number of carbonyl (C=O) groups is 1. The van der Waals surface area contributed by atoms with Gasteiger partial charge in [-0.3, -0.25) is 4.79 Å². The van der Waals surface area contributed by atoms with E-state index in [-0.39, 0.29) is 17.4 Å². The number of thiophene rings is 1. The van der Waals surface area contributed by atoms with E-state index in [4.69, 9.17) is 5.11 Å². The summed E-state index contributed by atoms with van der Waals surface area (Å²) >= 11 is 1.65. The van der Waals surface area contributed by atoms with Gasteiger partial charge in [-0.2, -0.15) is 0 Å². The molecule has 2 aromatic rings. The van der Waals surface area contributed by atoms with Gasteiger partial charge in [-0.1, -0.05) is 6.07 Å². The van der Waals surface area contributed by atoms with E-state index in [0.29, 0.717) is 12.1 Å². The standard InChI is InChI=1S/C13H13NO3S/c15-11-4-3-9(8-12(11)16)13(17)14-6-5-10-2-1-7-18-10/h1-4,7-8,15-16H,5-6H2,(H,14,17). The zero-order valence-corrected chi connectivity index (χ0v) is 10.4. The van der Waals surface area contributed by atoms with Crippen LogP contribution < -0.4 is 5.32 Å². The van der Waals surface area contributed by atoms with Gasteiger partial charge in [0.25, 0.3) is 5.91 Å². The number of benzene rings is 1. The first-order chi connectivity index (χ1) is 8.66. The van der Waals surface area contributed by atoms with E-state index in [1.54, 1.807) is 11.3 Å². The lowest BCUT2D eigenvalue weighted by Gasteiger charge is -2.05. The number of aromatic hydroxyl groups is 2. The van der Waals surface area contributed by atoms with Crippen molar-refractivity contribution in [3.05, 3.63) is 46.2 Å². The molecule has 0 aliphatic rings. The molecule has 0 aliphatic heterocycles. The van der Waals surface area contributed by atoms with Crippen molar-refractivity contribution in [2.45, 2.75) is 6.42 Å². The minimum Gasteiger partial charge on any atom is -0.504 e. The lowest BCUT2D eigenvalue weighted by Crippen LogP contribution is -2.25. The van der Waals surface area contributed by atoms with Crippen molar-refractivity contribution in [3.8, 4) is 11.5 Å². The molecule has 1 heterocycles. The summed E-state index contributed by atoms with van der Waals surface area (Å²) in [7, 11) is 0. The number of hydrogen-bond donors (Lipinski definition) is 3. The van der Waals surface area contributed by atoms with Crippen LogP contribution in [0.3, 0.4) is 0 Å². The van der Waals surface area contributed by atoms with E-state index in [1.165, 1.54) is 23.1 Å². The molecular formula is C13H13NO3S. The van der Waals surface area contributed by atoms with Crippen LogP contribution in [0, 0.1) is 0 Å². The van der Waals surface area contributed by atoms with Gasteiger partial charge in [0.05, 0.1) is 0 Å². The van der Waals surface area contributed by atoms with Crippen molar-refractivity contribution in [2.24, 2.45) is 0 Å². The van der Waals surface area contributed by atoms with Crippen molar-refractivity contribution < 1.29 is 15.0 Å². The molecule has 0 saturated heterocycles. The fraction of sp³-hybridized carbons (Fsp3) is 0.154. The van der Waals surface area contributed by atoms with E-state index < -0.39 is 0 Å². The van der Waals surface area contributed by atoms with Gasteiger partial charge in [-0.05, 0) is 36.1 Å². The number of nitrogens with one attached hydrogen (secondary N) is 1. The van der Waals surface area contributed by atoms with Crippen LogP contribution in [0.1, 0.15) is 15.2 Å². The van der Waals surface area contributed by atoms with E-state index >= 15 is 0 Å². The van der Waals surface area contributed by atoms with Gasteiger partial charge in [0, 0.05) is 17.0 Å². The largest absolute Gasteiger partial charge is 0.504 e. The molecule has 0 spiro atoms. The fourth-order valence-electron chi connectivity index (χ4n) is 1.52. The molecule has 0 bridgehead atoms. The third kappa shape index (κ3) is 3.01. The van der Waals surface area contributed by atoms with Crippen molar-refractivity contribution in [1.29, 1.82) is 0 Å². The molecule has 1 amide bonds. The molecule has 0 unspecified atom stereocenters. The van der Waals surface area contributed by atoms with Gasteiger partial charge in [0.2, 0.25) is 0 Å². The van der Waals surface area contributed by atoms with Crippen molar-refractivity contribution in [2.75, 3.05) is 6.54 Å². The Hall–Kier alpha value is -2.01. The van der Waals surface area contributed by atoms with Gasteiger partial charge >= 0.3 is 0 Å². The third-order valence-corrected chi connectivity index (χ3v) is 3.41. The van der Waals surface area contributed by atoms with Gasteiger partial charge < -0.3 is 15.5 Å². The van der Waals surface area contributed by atoms with E-state index in [1.807, 2.05) is 17.5 Å². The summed E-state index contributed by atoms with van der Waals surface area (Å²) < 4.78 is 0. The Kier molecular flexibility index (Phi) is 3.84. The Morgan fingerprint density at radius 3 is 2.72 bits per heavy atom. The number of phenols is 2. The zero-order chi connectivity index (χ0) is 13.0. The lowest BCUT2D eigenvalue weighted by molar-refractivity contribution is 0.0954. The molecule has 18 heavy (non-hydrogen) atoms. The summed E-state index contributed by atoms with van der Waals surface area (Å²) in [6, 6.07) is 8.00. The van der Waals surface area contributed by atoms with E-state index in [2.05, 4.69) is 5.32 Å². The van der Waals surface area contributed by atoms with E-state index in [9.17, 15) is 9.90 Å². The Labute approximate surface area is 109 Å². The van der Waals surface area contributed by atoms with Crippen molar-refractivity contribution in [1.82, 2.24) is 5.32 Å². The molecule has 0 saturated carbocycles. The van der Waals surface area contributed by atoms with E-state index in [0.717, 1.165) is 6.42 Å². The first kappa shape index (κ1) is 12.4. The number of hydrogen-bond acceptors (Lipinski definition) is 4. The highest BCUT2D eigenvalue weighted by Crippen LogP contribution is 2.24. The molecule has 1 aromatic heterocycles. The molecule has 5 heteroatoms. The highest BCUT2D eigenvalue weighted by Gasteiger charge is 2.08. The van der Waals surface area contributed by atoms with Gasteiger partial charge in [0.1, 0.15) is 0 Å². The van der Waals surface area contributed by atoms with Crippen molar-refractivity contribution in [3.63, 3.8) is 0 Å². The monoisotopic (exact) mass is 263 g/mol. The first-order valence-corrected chi connectivity index (χ1v) is 6.37. The second-order valence-electron chi connectivity index (χ2n) is 3.79. The van der Waals surface area contributed by atoms with Crippen LogP contribution in [0.15, 0.2) is 35.7 Å². The molecule has 0 fully saturated rings. The van der Waals surface area contributed by atoms with Gasteiger partial charge in [-0.25, -0.2) is 0 Å². The average molecular weight is 263 g/mol. The second-order valence-corrected chi connectivity index (χ2v) is 4.82. The van der Waals surface area contributed by atoms with Crippen LogP contribution in [-0.2, 0) is 6.42 Å². The SMILES string of the molecule is O=C(NCCc1cccs1)c1ccc(O)c(O)c1. The average Bonchev–Trinajstić information content (AvgIpc) is 2.85. The quantitative estimate of drug-likeness (QED) is 0.740. The number of amides is 1. The summed E-state index contributed by atoms with van der Waals surface area (Å²) in [5.74, 6) is -0.784. The maximum absolute atomic E-state index is 11.7. The Balaban J connectivity index is 1.89. The number of phenolic OH excluding ortho intramolecular Hbond substituents is 2. The fourth-order valence-corrected chi connectivity index (χ4v) is 2.23. The summed E-state index contributed by atoms with van der Waals surface area (Å²) in [5.41, 5.74) is 0.330. The van der Waals surface area contributed by atoms with Crippen LogP contribution in [0.25, 0.3) is 0 Å². The zero-order valence-electron chi connectivity index (χ0n) is 9.59. The molecule has 0 aliphatic carbocycles. The summed E-state index contributed by atoms with van der Waals surface area (Å²) in [5, 5.41) is 23.2. The first-order valence-electron chi connectivity index (χ1n) is 5.49. The molecule has 4 nitrogen and oxygen atoms in total. The number of rotatable bonds is 4. The van der Waals surface area contributed by atoms with Gasteiger partial charge in [0.15, 0.2) is 11.5 Å². The van der Waals surface area contributed by atoms with Crippen LogP contribution in [0.4, 0.5) is 0 Å². The summed E-state index contributed by atoms with van der Waals surface area (Å²) in [4.78, 5) is 12.9. The maximum Gasteiger partial charge on any atom is 0.251 e. The molecule has 2 rings (SSSR count). The van der Waals surface area contributed by atoms with Crippen LogP contribution >= 0.6 is 11.3 Å². The normalized spacial score (nSPS) is 10.2.